The molecule has 7 N–H and O–H groups in total. The number of nitrogens with two attached hydrogens (primary N) is 1. The molecule has 5 atom stereocenters. The van der Waals surface area contributed by atoms with Gasteiger partial charge in [0.15, 0.2) is 17.2 Å². The molecular weight excluding hydrogens is 532 g/mol. The quantitative estimate of drug-likeness (QED) is 0.234. The lowest BCUT2D eigenvalue weighted by atomic mass is 9.56. The van der Waals surface area contributed by atoms with Gasteiger partial charge in [-0.2, -0.15) is 0 Å². The molecule has 3 aliphatic carbocycles. The molecule has 0 aliphatic heterocycles. The van der Waals surface area contributed by atoms with Gasteiger partial charge in [0, 0.05) is 11.5 Å². The van der Waals surface area contributed by atoms with Gasteiger partial charge in [-0.1, -0.05) is 36.4 Å². The normalized spacial score (nSPS) is 28.5. The van der Waals surface area contributed by atoms with Crippen molar-refractivity contribution in [2.24, 2.45) is 17.6 Å². The number of aliphatic hydroxyl groups excluding tert-OH is 3. The third kappa shape index (κ3) is 3.85. The van der Waals surface area contributed by atoms with E-state index in [-0.39, 0.29) is 22.5 Å². The van der Waals surface area contributed by atoms with Crippen LogP contribution in [0.3, 0.4) is 0 Å². The molecule has 0 aromatic heterocycles. The Morgan fingerprint density at radius 3 is 2.32 bits per heavy atom. The van der Waals surface area contributed by atoms with E-state index in [4.69, 9.17) is 5.73 Å². The number of hydrogen-bond donors (Lipinski definition) is 6. The Morgan fingerprint density at radius 2 is 1.71 bits per heavy atom. The summed E-state index contributed by atoms with van der Waals surface area (Å²) in [5, 5.41) is 57.0. The fraction of sp³-hybridized carbons (Fsp3) is 0.267. The number of amides is 1. The minimum atomic E-state index is -3.02. The number of likely N-dealkylation sites (N-methyl/N-ethyl adjacent to an activating group) is 1. The van der Waals surface area contributed by atoms with Gasteiger partial charge in [-0.15, -0.1) is 0 Å². The second-order valence-electron chi connectivity index (χ2n) is 10.7. The highest BCUT2D eigenvalue weighted by Crippen LogP contribution is 2.55. The highest BCUT2D eigenvalue weighted by Gasteiger charge is 2.67. The highest BCUT2D eigenvalue weighted by atomic mass is 16.4. The Kier molecular flexibility index (Phi) is 6.49. The lowest BCUT2D eigenvalue weighted by Gasteiger charge is -2.52. The molecule has 11 nitrogen and oxygen atoms in total. The Morgan fingerprint density at radius 1 is 1.05 bits per heavy atom. The van der Waals surface area contributed by atoms with E-state index in [1.807, 2.05) is 0 Å². The summed E-state index contributed by atoms with van der Waals surface area (Å²) in [7, 11) is 2.92. The highest BCUT2D eigenvalue weighted by molar-refractivity contribution is 6.25. The molecule has 0 spiro atoms. The second kappa shape index (κ2) is 9.51. The van der Waals surface area contributed by atoms with Gasteiger partial charge in [-0.3, -0.25) is 24.1 Å². The summed E-state index contributed by atoms with van der Waals surface area (Å²) >= 11 is 0. The molecular formula is C30H28N2O9. The zero-order valence-corrected chi connectivity index (χ0v) is 22.3. The molecule has 0 radical (unpaired) electrons. The molecule has 2 aromatic carbocycles. The minimum absolute atomic E-state index is 0.204. The lowest BCUT2D eigenvalue weighted by Crippen LogP contribution is -2.68. The molecule has 0 heterocycles. The third-order valence-electron chi connectivity index (χ3n) is 8.15. The Labute approximate surface area is 234 Å². The summed E-state index contributed by atoms with van der Waals surface area (Å²) in [6, 6.07) is 9.40. The monoisotopic (exact) mass is 560 g/mol. The number of benzene rings is 2. The van der Waals surface area contributed by atoms with Crippen molar-refractivity contribution in [2.45, 2.75) is 24.7 Å². The van der Waals surface area contributed by atoms with Gasteiger partial charge in [0.1, 0.15) is 22.8 Å². The molecule has 3 aliphatic rings. The van der Waals surface area contributed by atoms with Crippen LogP contribution in [0.1, 0.15) is 38.8 Å². The number of rotatable bonds is 4. The summed E-state index contributed by atoms with van der Waals surface area (Å²) in [4.78, 5) is 52.9. The zero-order chi connectivity index (χ0) is 30.1. The number of aromatic hydroxyl groups is 1. The van der Waals surface area contributed by atoms with E-state index in [9.17, 15) is 44.7 Å². The summed E-state index contributed by atoms with van der Waals surface area (Å²) in [5.41, 5.74) is 1.90. The van der Waals surface area contributed by atoms with Crippen LogP contribution in [0.5, 0.6) is 5.75 Å². The maximum absolute atomic E-state index is 13.8. The van der Waals surface area contributed by atoms with Crippen LogP contribution in [0.15, 0.2) is 65.1 Å². The van der Waals surface area contributed by atoms with Gasteiger partial charge in [0.25, 0.3) is 5.91 Å². The summed E-state index contributed by atoms with van der Waals surface area (Å²) in [6.45, 7) is 1.39. The lowest BCUT2D eigenvalue weighted by molar-refractivity contribution is -0.159. The van der Waals surface area contributed by atoms with E-state index in [2.05, 4.69) is 0 Å². The van der Waals surface area contributed by atoms with Crippen LogP contribution in [-0.4, -0.2) is 85.5 Å². The van der Waals surface area contributed by atoms with Crippen molar-refractivity contribution >= 4 is 34.9 Å². The molecule has 0 unspecified atom stereocenters. The maximum Gasteiger partial charge on any atom is 0.255 e. The fourth-order valence-corrected chi connectivity index (χ4v) is 6.34. The van der Waals surface area contributed by atoms with Crippen molar-refractivity contribution in [3.05, 3.63) is 87.4 Å². The van der Waals surface area contributed by atoms with Crippen LogP contribution in [-0.2, 0) is 9.59 Å². The standard InChI is InChI=1S/C30H28N2O9/c1-12(33)14-7-4-6-13(10-14)11-16-15-8-5-9-17(34)18(15)24(35)20-19(16)25(36)22-23(32(2)3)26(37)21(29(31)40)28(39)30(22,41)27(20)38/h4-11,19,22-23,25,34,36-38,41H,1-3H3,(H2,31,40)/b16-11+/t19-,22-,23+,25+,30+/m1/s1. The van der Waals surface area contributed by atoms with Crippen LogP contribution >= 0.6 is 0 Å². The number of ketones is 3. The first-order valence-electron chi connectivity index (χ1n) is 12.7. The topological polar surface area (TPSA) is 199 Å². The molecule has 5 rings (SSSR count). The number of carbonyl (C=O) groups is 4. The molecule has 212 valence electrons. The van der Waals surface area contributed by atoms with Crippen molar-refractivity contribution in [3.8, 4) is 5.75 Å². The molecule has 41 heavy (non-hydrogen) atoms. The first-order valence-corrected chi connectivity index (χ1v) is 12.7. The molecule has 2 aromatic rings. The van der Waals surface area contributed by atoms with Crippen LogP contribution in [0, 0.1) is 11.8 Å². The van der Waals surface area contributed by atoms with Gasteiger partial charge in [0.05, 0.1) is 29.2 Å². The summed E-state index contributed by atoms with van der Waals surface area (Å²) in [5.74, 6) is -9.38. The Balaban J connectivity index is 1.86. The van der Waals surface area contributed by atoms with Crippen molar-refractivity contribution in [1.29, 1.82) is 0 Å². The number of phenolic OH excluding ortho intramolecular Hbond substituents is 1. The first-order chi connectivity index (χ1) is 19.2. The van der Waals surface area contributed by atoms with Gasteiger partial charge < -0.3 is 31.3 Å². The predicted molar refractivity (Wildman–Crippen MR) is 146 cm³/mol. The summed E-state index contributed by atoms with van der Waals surface area (Å²) in [6.07, 6.45) is -0.219. The smallest absolute Gasteiger partial charge is 0.255 e. The SMILES string of the molecule is CC(=O)c1cccc(/C=C2\c3cccc(O)c3C(=O)C3=C(O)[C@]4(O)C(=O)C(C(N)=O)=C(O)[C@@H](N(C)C)[C@@H]4[C@@H](O)[C@@H]32)c1. The van der Waals surface area contributed by atoms with E-state index in [0.717, 1.165) is 0 Å². The second-order valence-corrected chi connectivity index (χ2v) is 10.7. The zero-order valence-electron chi connectivity index (χ0n) is 22.3. The van der Waals surface area contributed by atoms with Crippen LogP contribution in [0.2, 0.25) is 0 Å². The molecule has 11 heteroatoms. The Hall–Kier alpha value is -4.58. The predicted octanol–water partition coefficient (Wildman–Crippen LogP) is 1.29. The number of fused-ring (bicyclic) bond motifs is 3. The average Bonchev–Trinajstić information content (AvgIpc) is 2.90. The van der Waals surface area contributed by atoms with Gasteiger partial charge in [-0.05, 0) is 49.9 Å². The number of Topliss-reactive ketones (excluding diaryl/α,β-unsaturated/α-hetero) is 3. The van der Waals surface area contributed by atoms with E-state index in [1.165, 1.54) is 44.1 Å². The number of hydrogen-bond acceptors (Lipinski definition) is 10. The van der Waals surface area contributed by atoms with Gasteiger partial charge in [-0.25, -0.2) is 0 Å². The first kappa shape index (κ1) is 28.0. The van der Waals surface area contributed by atoms with Crippen molar-refractivity contribution in [2.75, 3.05) is 14.1 Å². The van der Waals surface area contributed by atoms with Crippen LogP contribution < -0.4 is 5.73 Å². The minimum Gasteiger partial charge on any atom is -0.510 e. The number of primary amides is 1. The summed E-state index contributed by atoms with van der Waals surface area (Å²) < 4.78 is 0. The number of aliphatic hydroxyl groups is 4. The average molecular weight is 561 g/mol. The number of carbonyl (C=O) groups excluding carboxylic acids is 4. The van der Waals surface area contributed by atoms with Gasteiger partial charge >= 0.3 is 0 Å². The van der Waals surface area contributed by atoms with E-state index in [1.54, 1.807) is 30.3 Å². The van der Waals surface area contributed by atoms with E-state index >= 15 is 0 Å². The molecule has 0 bridgehead atoms. The van der Waals surface area contributed by atoms with E-state index < -0.39 is 75.5 Å². The molecule has 0 fully saturated rings. The Bertz CT molecular complexity index is 1650. The van der Waals surface area contributed by atoms with Crippen LogP contribution in [0.25, 0.3) is 11.6 Å². The van der Waals surface area contributed by atoms with Crippen molar-refractivity contribution in [3.63, 3.8) is 0 Å². The molecule has 0 saturated carbocycles. The maximum atomic E-state index is 13.8. The van der Waals surface area contributed by atoms with E-state index in [0.29, 0.717) is 11.1 Å². The molecule has 1 amide bonds. The van der Waals surface area contributed by atoms with Gasteiger partial charge in [0.2, 0.25) is 5.78 Å². The van der Waals surface area contributed by atoms with Crippen molar-refractivity contribution in [1.82, 2.24) is 4.90 Å². The molecule has 0 saturated heterocycles. The largest absolute Gasteiger partial charge is 0.510 e. The number of phenols is 1. The number of nitrogens with zero attached hydrogens (tertiary/aromatic N) is 1. The van der Waals surface area contributed by atoms with Crippen molar-refractivity contribution < 1.29 is 44.7 Å². The fourth-order valence-electron chi connectivity index (χ4n) is 6.34. The van der Waals surface area contributed by atoms with Crippen LogP contribution in [0.4, 0.5) is 0 Å². The third-order valence-corrected chi connectivity index (χ3v) is 8.15.